The fraction of sp³-hybridized carbons (Fsp3) is 0.0714. The van der Waals surface area contributed by atoms with Crippen molar-refractivity contribution in [3.8, 4) is 0 Å². The average Bonchev–Trinajstić information content (AvgIpc) is 2.64. The van der Waals surface area contributed by atoms with Gasteiger partial charge in [-0.15, -0.1) is 0 Å². The number of aliphatic carboxylic acids is 1. The molecular weight excluding hydrogens is 246 g/mol. The molecule has 3 rings (SSSR count). The van der Waals surface area contributed by atoms with Crippen molar-refractivity contribution in [2.24, 2.45) is 0 Å². The van der Waals surface area contributed by atoms with Crippen molar-refractivity contribution in [3.63, 3.8) is 0 Å². The van der Waals surface area contributed by atoms with Crippen LogP contribution in [0.2, 0.25) is 0 Å². The molecule has 0 fully saturated rings. The zero-order chi connectivity index (χ0) is 13.6. The summed E-state index contributed by atoms with van der Waals surface area (Å²) < 4.78 is 0. The maximum atomic E-state index is 11.8. The summed E-state index contributed by atoms with van der Waals surface area (Å²) in [6, 6.07) is 8.74. The molecule has 0 saturated heterocycles. The van der Waals surface area contributed by atoms with Crippen LogP contribution in [-0.2, 0) is 11.2 Å². The second-order valence-electron chi connectivity index (χ2n) is 4.35. The Hall–Kier alpha value is -2.69. The number of rotatable bonds is 2. The van der Waals surface area contributed by atoms with Crippen molar-refractivity contribution in [2.75, 3.05) is 0 Å². The van der Waals surface area contributed by atoms with Crippen molar-refractivity contribution in [1.29, 1.82) is 0 Å². The molecule has 2 amide bonds. The molecule has 0 aliphatic carbocycles. The first-order valence-corrected chi connectivity index (χ1v) is 5.70. The molecule has 1 heterocycles. The summed E-state index contributed by atoms with van der Waals surface area (Å²) in [7, 11) is 0. The van der Waals surface area contributed by atoms with E-state index >= 15 is 0 Å². The maximum Gasteiger partial charge on any atom is 0.307 e. The number of hydrogen-bond acceptors (Lipinski definition) is 3. The third-order valence-electron chi connectivity index (χ3n) is 3.18. The van der Waals surface area contributed by atoms with E-state index in [1.807, 2.05) is 0 Å². The van der Waals surface area contributed by atoms with Gasteiger partial charge in [-0.05, 0) is 22.4 Å². The molecule has 5 heteroatoms. The number of carbonyl (C=O) groups excluding carboxylic acids is 2. The molecule has 94 valence electrons. The van der Waals surface area contributed by atoms with Crippen LogP contribution in [0.3, 0.4) is 0 Å². The van der Waals surface area contributed by atoms with Gasteiger partial charge in [0.15, 0.2) is 0 Å². The van der Waals surface area contributed by atoms with E-state index in [0.717, 1.165) is 5.39 Å². The number of carbonyl (C=O) groups is 3. The summed E-state index contributed by atoms with van der Waals surface area (Å²) in [4.78, 5) is 34.5. The van der Waals surface area contributed by atoms with E-state index in [-0.39, 0.29) is 17.5 Å². The first-order valence-electron chi connectivity index (χ1n) is 5.70. The van der Waals surface area contributed by atoms with Crippen LogP contribution in [0.5, 0.6) is 0 Å². The fourth-order valence-electron chi connectivity index (χ4n) is 2.43. The molecule has 0 bridgehead atoms. The second kappa shape index (κ2) is 3.91. The number of carboxylic acids is 1. The first kappa shape index (κ1) is 11.4. The maximum absolute atomic E-state index is 11.8. The molecule has 0 atom stereocenters. The van der Waals surface area contributed by atoms with Crippen LogP contribution in [-0.4, -0.2) is 22.9 Å². The lowest BCUT2D eigenvalue weighted by molar-refractivity contribution is -0.136. The van der Waals surface area contributed by atoms with Crippen LogP contribution in [0, 0.1) is 0 Å². The minimum atomic E-state index is -1.04. The Morgan fingerprint density at radius 2 is 1.89 bits per heavy atom. The standard InChI is InChI=1S/C14H9NO4/c16-11(17)6-9-8-4-2-1-3-7(8)5-10-12(9)14(19)15-13(10)18/h1-5H,6H2,(H,16,17)(H,15,18,19). The third kappa shape index (κ3) is 1.67. The molecule has 1 aliphatic heterocycles. The summed E-state index contributed by atoms with van der Waals surface area (Å²) in [6.07, 6.45) is -0.287. The number of nitrogens with one attached hydrogen (secondary N) is 1. The fourth-order valence-corrected chi connectivity index (χ4v) is 2.43. The van der Waals surface area contributed by atoms with Crippen molar-refractivity contribution < 1.29 is 19.5 Å². The van der Waals surface area contributed by atoms with Crippen LogP contribution >= 0.6 is 0 Å². The Kier molecular flexibility index (Phi) is 2.35. The first-order chi connectivity index (χ1) is 9.08. The number of carboxylic acid groups (broad SMARTS) is 1. The molecule has 5 nitrogen and oxygen atoms in total. The molecule has 1 aliphatic rings. The van der Waals surface area contributed by atoms with E-state index in [0.29, 0.717) is 10.9 Å². The molecule has 0 unspecified atom stereocenters. The highest BCUT2D eigenvalue weighted by atomic mass is 16.4. The van der Waals surface area contributed by atoms with Crippen LogP contribution in [0.25, 0.3) is 10.8 Å². The molecule has 2 N–H and O–H groups in total. The van der Waals surface area contributed by atoms with Gasteiger partial charge in [-0.2, -0.15) is 0 Å². The average molecular weight is 255 g/mol. The Morgan fingerprint density at radius 3 is 2.63 bits per heavy atom. The van der Waals surface area contributed by atoms with Gasteiger partial charge < -0.3 is 5.11 Å². The van der Waals surface area contributed by atoms with E-state index in [9.17, 15) is 14.4 Å². The van der Waals surface area contributed by atoms with E-state index < -0.39 is 17.8 Å². The quantitative estimate of drug-likeness (QED) is 0.793. The van der Waals surface area contributed by atoms with Crippen LogP contribution in [0.15, 0.2) is 30.3 Å². The lowest BCUT2D eigenvalue weighted by Gasteiger charge is -2.08. The van der Waals surface area contributed by atoms with Crippen molar-refractivity contribution in [2.45, 2.75) is 6.42 Å². The number of amides is 2. The van der Waals surface area contributed by atoms with Crippen LogP contribution < -0.4 is 5.32 Å². The van der Waals surface area contributed by atoms with Gasteiger partial charge in [-0.25, -0.2) is 0 Å². The molecule has 19 heavy (non-hydrogen) atoms. The van der Waals surface area contributed by atoms with E-state index in [2.05, 4.69) is 5.32 Å². The number of benzene rings is 2. The molecule has 0 radical (unpaired) electrons. The van der Waals surface area contributed by atoms with Gasteiger partial charge in [-0.1, -0.05) is 24.3 Å². The predicted octanol–water partition coefficient (Wildman–Crippen LogP) is 1.35. The smallest absolute Gasteiger partial charge is 0.307 e. The second-order valence-corrected chi connectivity index (χ2v) is 4.35. The molecule has 2 aromatic carbocycles. The van der Waals surface area contributed by atoms with E-state index in [4.69, 9.17) is 5.11 Å². The van der Waals surface area contributed by atoms with Crippen LogP contribution in [0.1, 0.15) is 26.3 Å². The van der Waals surface area contributed by atoms with E-state index in [1.165, 1.54) is 0 Å². The minimum Gasteiger partial charge on any atom is -0.481 e. The van der Waals surface area contributed by atoms with Gasteiger partial charge in [0.05, 0.1) is 17.5 Å². The highest BCUT2D eigenvalue weighted by molar-refractivity contribution is 6.24. The van der Waals surface area contributed by atoms with E-state index in [1.54, 1.807) is 30.3 Å². The van der Waals surface area contributed by atoms with Gasteiger partial charge in [0.2, 0.25) is 0 Å². The SMILES string of the molecule is O=C(O)Cc1c2c(cc3ccccc13)C(=O)NC2=O. The molecule has 0 saturated carbocycles. The lowest BCUT2D eigenvalue weighted by Crippen LogP contribution is -2.20. The Morgan fingerprint density at radius 1 is 1.16 bits per heavy atom. The third-order valence-corrected chi connectivity index (χ3v) is 3.18. The van der Waals surface area contributed by atoms with Gasteiger partial charge in [0, 0.05) is 0 Å². The summed E-state index contributed by atoms with van der Waals surface area (Å²) in [5.41, 5.74) is 0.829. The number of fused-ring (bicyclic) bond motifs is 2. The lowest BCUT2D eigenvalue weighted by atomic mass is 9.93. The molecule has 2 aromatic rings. The monoisotopic (exact) mass is 255 g/mol. The largest absolute Gasteiger partial charge is 0.481 e. The van der Waals surface area contributed by atoms with Crippen molar-refractivity contribution in [1.82, 2.24) is 5.32 Å². The van der Waals surface area contributed by atoms with Crippen molar-refractivity contribution >= 4 is 28.6 Å². The van der Waals surface area contributed by atoms with Gasteiger partial charge in [0.1, 0.15) is 0 Å². The Labute approximate surface area is 107 Å². The van der Waals surface area contributed by atoms with Gasteiger partial charge in [-0.3, -0.25) is 19.7 Å². The number of hydrogen-bond donors (Lipinski definition) is 2. The highest BCUT2D eigenvalue weighted by Crippen LogP contribution is 2.29. The Bertz CT molecular complexity index is 748. The predicted molar refractivity (Wildman–Crippen MR) is 67.1 cm³/mol. The minimum absolute atomic E-state index is 0.186. The van der Waals surface area contributed by atoms with Gasteiger partial charge in [0.25, 0.3) is 11.8 Å². The van der Waals surface area contributed by atoms with Crippen LogP contribution in [0.4, 0.5) is 0 Å². The Balaban J connectivity index is 2.41. The summed E-state index contributed by atoms with van der Waals surface area (Å²) in [6.45, 7) is 0. The summed E-state index contributed by atoms with van der Waals surface area (Å²) >= 11 is 0. The normalized spacial score (nSPS) is 13.5. The summed E-state index contributed by atoms with van der Waals surface area (Å²) in [5.74, 6) is -2.04. The topological polar surface area (TPSA) is 83.5 Å². The molecular formula is C14H9NO4. The highest BCUT2D eigenvalue weighted by Gasteiger charge is 2.31. The van der Waals surface area contributed by atoms with Gasteiger partial charge >= 0.3 is 5.97 Å². The number of imide groups is 1. The zero-order valence-corrected chi connectivity index (χ0v) is 9.77. The molecule has 0 spiro atoms. The summed E-state index contributed by atoms with van der Waals surface area (Å²) in [5, 5.41) is 12.6. The van der Waals surface area contributed by atoms with Crippen molar-refractivity contribution in [3.05, 3.63) is 47.0 Å². The molecule has 0 aromatic heterocycles. The zero-order valence-electron chi connectivity index (χ0n) is 9.77.